The summed E-state index contributed by atoms with van der Waals surface area (Å²) in [4.78, 5) is 55.5. The van der Waals surface area contributed by atoms with Gasteiger partial charge in [-0.2, -0.15) is 0 Å². The average Bonchev–Trinajstić information content (AvgIpc) is 2.82. The molecule has 4 rings (SSSR count). The number of nitro benzene ring substituents is 1. The first-order chi connectivity index (χ1) is 16.3. The fraction of sp³-hybridized carbons (Fsp3) is 0.200. The Hall–Kier alpha value is -4.40. The maximum absolute atomic E-state index is 13.9. The van der Waals surface area contributed by atoms with E-state index in [1.54, 1.807) is 42.7 Å². The lowest BCUT2D eigenvalue weighted by Crippen LogP contribution is -2.65. The summed E-state index contributed by atoms with van der Waals surface area (Å²) in [5, 5.41) is 13.4. The number of aryl methyl sites for hydroxylation is 2. The minimum atomic E-state index is -1.59. The van der Waals surface area contributed by atoms with Crippen LogP contribution in [0.5, 0.6) is 0 Å². The topological polar surface area (TPSA) is 123 Å². The molecule has 1 aliphatic heterocycles. The van der Waals surface area contributed by atoms with Gasteiger partial charge in [0.25, 0.3) is 11.6 Å². The number of pyridine rings is 1. The number of nitro groups is 1. The fourth-order valence-corrected chi connectivity index (χ4v) is 4.13. The number of hydrogen-bond acceptors (Lipinski definition) is 6. The van der Waals surface area contributed by atoms with Gasteiger partial charge in [0.15, 0.2) is 0 Å². The Balaban J connectivity index is 1.75. The highest BCUT2D eigenvalue weighted by Gasteiger charge is 2.54. The largest absolute Gasteiger partial charge is 0.335 e. The zero-order valence-corrected chi connectivity index (χ0v) is 18.4. The number of amides is 4. The lowest BCUT2D eigenvalue weighted by molar-refractivity contribution is -0.384. The lowest BCUT2D eigenvalue weighted by Gasteiger charge is -2.39. The van der Waals surface area contributed by atoms with Crippen LogP contribution in [0.1, 0.15) is 23.1 Å². The Morgan fingerprint density at radius 3 is 2.35 bits per heavy atom. The number of urea groups is 1. The molecule has 1 aromatic heterocycles. The third-order valence-corrected chi connectivity index (χ3v) is 5.97. The molecule has 1 saturated heterocycles. The number of hydrogen-bond donors (Lipinski definition) is 1. The van der Waals surface area contributed by atoms with E-state index in [1.165, 1.54) is 24.3 Å². The van der Waals surface area contributed by atoms with Crippen LogP contribution in [0.2, 0.25) is 0 Å². The van der Waals surface area contributed by atoms with Crippen molar-refractivity contribution in [2.45, 2.75) is 26.2 Å². The number of imide groups is 2. The van der Waals surface area contributed by atoms with Crippen LogP contribution in [0.3, 0.4) is 0 Å². The second-order valence-electron chi connectivity index (χ2n) is 8.28. The summed E-state index contributed by atoms with van der Waals surface area (Å²) in [6.45, 7) is 1.84. The molecule has 1 atom stereocenters. The normalized spacial score (nSPS) is 18.0. The molecular formula is C25H22N4O5. The van der Waals surface area contributed by atoms with E-state index in [1.807, 2.05) is 13.0 Å². The number of barbiturate groups is 1. The van der Waals surface area contributed by atoms with E-state index in [0.29, 0.717) is 17.7 Å². The zero-order chi connectivity index (χ0) is 24.3. The molecule has 0 bridgehead atoms. The summed E-state index contributed by atoms with van der Waals surface area (Å²) >= 11 is 0. The van der Waals surface area contributed by atoms with Gasteiger partial charge in [0.05, 0.1) is 10.6 Å². The number of non-ortho nitro benzene ring substituents is 1. The van der Waals surface area contributed by atoms with Gasteiger partial charge in [-0.05, 0) is 67.1 Å². The van der Waals surface area contributed by atoms with Crippen molar-refractivity contribution >= 4 is 29.2 Å². The molecule has 9 nitrogen and oxygen atoms in total. The zero-order valence-electron chi connectivity index (χ0n) is 18.4. The Labute approximate surface area is 195 Å². The molecule has 34 heavy (non-hydrogen) atoms. The van der Waals surface area contributed by atoms with Gasteiger partial charge >= 0.3 is 6.03 Å². The summed E-state index contributed by atoms with van der Waals surface area (Å²) in [5.41, 5.74) is 1.00. The van der Waals surface area contributed by atoms with Crippen LogP contribution in [0.25, 0.3) is 0 Å². The van der Waals surface area contributed by atoms with Crippen LogP contribution in [0, 0.1) is 22.5 Å². The van der Waals surface area contributed by atoms with Crippen LogP contribution in [-0.4, -0.2) is 27.8 Å². The van der Waals surface area contributed by atoms with Crippen molar-refractivity contribution in [3.05, 3.63) is 99.9 Å². The molecule has 4 amide bonds. The first-order valence-corrected chi connectivity index (χ1v) is 10.7. The van der Waals surface area contributed by atoms with Gasteiger partial charge in [-0.25, -0.2) is 9.69 Å². The van der Waals surface area contributed by atoms with E-state index in [4.69, 9.17) is 0 Å². The molecule has 0 saturated carbocycles. The highest BCUT2D eigenvalue weighted by molar-refractivity contribution is 6.30. The summed E-state index contributed by atoms with van der Waals surface area (Å²) < 4.78 is 0. The van der Waals surface area contributed by atoms with Crippen molar-refractivity contribution in [3.63, 3.8) is 0 Å². The maximum Gasteiger partial charge on any atom is 0.335 e. The van der Waals surface area contributed by atoms with E-state index in [2.05, 4.69) is 10.3 Å². The monoisotopic (exact) mass is 458 g/mol. The second kappa shape index (κ2) is 9.22. The first-order valence-electron chi connectivity index (χ1n) is 10.7. The molecule has 2 heterocycles. The minimum Gasteiger partial charge on any atom is -0.276 e. The highest BCUT2D eigenvalue weighted by Crippen LogP contribution is 2.37. The quantitative estimate of drug-likeness (QED) is 0.327. The van der Waals surface area contributed by atoms with Crippen LogP contribution >= 0.6 is 0 Å². The SMILES string of the molecule is Cc1cccc(N2C(=O)NC(=O)C(CCc3ccncc3)(Cc3ccc([N+](=O)[O-])cc3)C2=O)c1. The molecule has 9 heteroatoms. The van der Waals surface area contributed by atoms with Gasteiger partial charge < -0.3 is 0 Å². The Kier molecular flexibility index (Phi) is 6.18. The van der Waals surface area contributed by atoms with Gasteiger partial charge in [0.2, 0.25) is 5.91 Å². The third-order valence-electron chi connectivity index (χ3n) is 5.97. The van der Waals surface area contributed by atoms with Crippen molar-refractivity contribution in [3.8, 4) is 0 Å². The molecule has 0 radical (unpaired) electrons. The molecule has 2 aromatic carbocycles. The molecule has 172 valence electrons. The van der Waals surface area contributed by atoms with Gasteiger partial charge in [-0.3, -0.25) is 30.0 Å². The smallest absolute Gasteiger partial charge is 0.276 e. The number of aromatic nitrogens is 1. The number of rotatable bonds is 7. The van der Waals surface area contributed by atoms with Crippen molar-refractivity contribution in [1.29, 1.82) is 0 Å². The minimum absolute atomic E-state index is 0.0175. The summed E-state index contributed by atoms with van der Waals surface area (Å²) in [5.74, 6) is -1.31. The van der Waals surface area contributed by atoms with Crippen molar-refractivity contribution in [1.82, 2.24) is 10.3 Å². The standard InChI is InChI=1S/C25H22N4O5/c1-17-3-2-4-21(15-17)28-23(31)25(22(30)27-24(28)32,12-9-18-10-13-26-14-11-18)16-19-5-7-20(8-6-19)29(33)34/h2-8,10-11,13-15H,9,12,16H2,1H3,(H,27,30,32). The first kappa shape index (κ1) is 22.8. The van der Waals surface area contributed by atoms with Crippen LogP contribution in [-0.2, 0) is 22.4 Å². The summed E-state index contributed by atoms with van der Waals surface area (Å²) in [7, 11) is 0. The molecule has 1 unspecified atom stereocenters. The van der Waals surface area contributed by atoms with Crippen molar-refractivity contribution < 1.29 is 19.3 Å². The van der Waals surface area contributed by atoms with Gasteiger partial charge in [-0.15, -0.1) is 0 Å². The molecule has 1 N–H and O–H groups in total. The summed E-state index contributed by atoms with van der Waals surface area (Å²) in [6.07, 6.45) is 3.77. The molecule has 0 aliphatic carbocycles. The van der Waals surface area contributed by atoms with E-state index in [-0.39, 0.29) is 18.5 Å². The Morgan fingerprint density at radius 1 is 1.00 bits per heavy atom. The highest BCUT2D eigenvalue weighted by atomic mass is 16.6. The van der Waals surface area contributed by atoms with Crippen molar-refractivity contribution in [2.75, 3.05) is 4.90 Å². The van der Waals surface area contributed by atoms with Crippen LogP contribution in [0.15, 0.2) is 73.1 Å². The number of nitrogens with one attached hydrogen (secondary N) is 1. The van der Waals surface area contributed by atoms with Crippen molar-refractivity contribution in [2.24, 2.45) is 5.41 Å². The lowest BCUT2D eigenvalue weighted by atomic mass is 9.73. The van der Waals surface area contributed by atoms with Crippen LogP contribution in [0.4, 0.5) is 16.2 Å². The molecule has 3 aromatic rings. The number of nitrogens with zero attached hydrogens (tertiary/aromatic N) is 3. The second-order valence-corrected chi connectivity index (χ2v) is 8.28. The Bertz CT molecular complexity index is 1260. The average molecular weight is 458 g/mol. The molecule has 1 fully saturated rings. The predicted octanol–water partition coefficient (Wildman–Crippen LogP) is 3.74. The van der Waals surface area contributed by atoms with Gasteiger partial charge in [0, 0.05) is 24.5 Å². The van der Waals surface area contributed by atoms with E-state index in [9.17, 15) is 24.5 Å². The number of carbonyl (C=O) groups is 3. The van der Waals surface area contributed by atoms with Gasteiger partial charge in [-0.1, -0.05) is 24.3 Å². The predicted molar refractivity (Wildman–Crippen MR) is 124 cm³/mol. The van der Waals surface area contributed by atoms with Crippen LogP contribution < -0.4 is 10.2 Å². The Morgan fingerprint density at radius 2 is 1.71 bits per heavy atom. The van der Waals surface area contributed by atoms with E-state index in [0.717, 1.165) is 16.0 Å². The number of carbonyl (C=O) groups excluding carboxylic acids is 3. The molecular weight excluding hydrogens is 436 g/mol. The fourth-order valence-electron chi connectivity index (χ4n) is 4.13. The van der Waals surface area contributed by atoms with E-state index < -0.39 is 28.2 Å². The number of anilines is 1. The maximum atomic E-state index is 13.9. The molecule has 0 spiro atoms. The van der Waals surface area contributed by atoms with Gasteiger partial charge in [0.1, 0.15) is 5.41 Å². The molecule has 1 aliphatic rings. The third kappa shape index (κ3) is 4.40. The number of benzene rings is 2. The summed E-state index contributed by atoms with van der Waals surface area (Å²) in [6, 6.07) is 15.4. The van der Waals surface area contributed by atoms with E-state index >= 15 is 0 Å².